The van der Waals surface area contributed by atoms with E-state index in [-0.39, 0.29) is 0 Å². The van der Waals surface area contributed by atoms with Crippen molar-refractivity contribution in [2.24, 2.45) is 10.9 Å². The van der Waals surface area contributed by atoms with Crippen LogP contribution in [0.4, 0.5) is 5.69 Å². The first-order valence-electron chi connectivity index (χ1n) is 5.49. The van der Waals surface area contributed by atoms with Gasteiger partial charge < -0.3 is 5.32 Å². The highest BCUT2D eigenvalue weighted by atomic mass is 79.9. The van der Waals surface area contributed by atoms with Crippen molar-refractivity contribution in [3.05, 3.63) is 27.7 Å². The van der Waals surface area contributed by atoms with Gasteiger partial charge in [-0.3, -0.25) is 4.99 Å². The second-order valence-corrected chi connectivity index (χ2v) is 6.61. The standard InChI is InChI=1S/C12H14BrClN2S/c1-7(2)11-6-17-12(16-11)15-10-5-8(14)3-4-9(10)13/h3-5,7,11H,6H2,1-2H3,(H,15,16). The van der Waals surface area contributed by atoms with E-state index in [1.807, 2.05) is 18.2 Å². The van der Waals surface area contributed by atoms with Crippen molar-refractivity contribution in [2.75, 3.05) is 11.1 Å². The Labute approximate surface area is 119 Å². The van der Waals surface area contributed by atoms with Crippen LogP contribution in [0.25, 0.3) is 0 Å². The molecule has 1 unspecified atom stereocenters. The molecule has 2 rings (SSSR count). The van der Waals surface area contributed by atoms with E-state index in [9.17, 15) is 0 Å². The number of anilines is 1. The summed E-state index contributed by atoms with van der Waals surface area (Å²) in [6.45, 7) is 4.40. The Hall–Kier alpha value is -0.190. The van der Waals surface area contributed by atoms with E-state index in [1.165, 1.54) is 0 Å². The van der Waals surface area contributed by atoms with Crippen molar-refractivity contribution < 1.29 is 0 Å². The number of thioether (sulfide) groups is 1. The van der Waals surface area contributed by atoms with Gasteiger partial charge in [-0.15, -0.1) is 0 Å². The maximum Gasteiger partial charge on any atom is 0.161 e. The fourth-order valence-electron chi connectivity index (χ4n) is 1.51. The summed E-state index contributed by atoms with van der Waals surface area (Å²) in [4.78, 5) is 4.66. The summed E-state index contributed by atoms with van der Waals surface area (Å²) >= 11 is 11.2. The lowest BCUT2D eigenvalue weighted by molar-refractivity contribution is 0.543. The average molecular weight is 334 g/mol. The number of hydrogen-bond acceptors (Lipinski definition) is 3. The number of nitrogens with zero attached hydrogens (tertiary/aromatic N) is 1. The molecule has 1 aliphatic heterocycles. The van der Waals surface area contributed by atoms with Crippen LogP contribution in [-0.4, -0.2) is 17.0 Å². The topological polar surface area (TPSA) is 24.4 Å². The van der Waals surface area contributed by atoms with Gasteiger partial charge in [-0.25, -0.2) is 0 Å². The van der Waals surface area contributed by atoms with Crippen molar-refractivity contribution in [1.29, 1.82) is 0 Å². The van der Waals surface area contributed by atoms with Crippen LogP contribution >= 0.6 is 39.3 Å². The lowest BCUT2D eigenvalue weighted by Gasteiger charge is -2.08. The molecule has 17 heavy (non-hydrogen) atoms. The van der Waals surface area contributed by atoms with Gasteiger partial charge in [-0.1, -0.05) is 37.2 Å². The molecule has 0 saturated carbocycles. The molecule has 5 heteroatoms. The summed E-state index contributed by atoms with van der Waals surface area (Å²) in [6, 6.07) is 6.11. The first-order valence-corrected chi connectivity index (χ1v) is 7.64. The van der Waals surface area contributed by atoms with Gasteiger partial charge in [0.1, 0.15) is 0 Å². The molecule has 1 N–H and O–H groups in total. The van der Waals surface area contributed by atoms with E-state index in [0.717, 1.165) is 26.1 Å². The third-order valence-corrected chi connectivity index (χ3v) is 4.53. The van der Waals surface area contributed by atoms with Crippen molar-refractivity contribution in [3.8, 4) is 0 Å². The maximum atomic E-state index is 5.97. The van der Waals surface area contributed by atoms with Crippen molar-refractivity contribution >= 4 is 50.1 Å². The highest BCUT2D eigenvalue weighted by Crippen LogP contribution is 2.29. The number of nitrogens with one attached hydrogen (secondary N) is 1. The molecule has 0 saturated heterocycles. The van der Waals surface area contributed by atoms with E-state index in [2.05, 4.69) is 40.1 Å². The van der Waals surface area contributed by atoms with Crippen LogP contribution in [-0.2, 0) is 0 Å². The average Bonchev–Trinajstić information content (AvgIpc) is 2.72. The first-order chi connectivity index (χ1) is 8.06. The van der Waals surface area contributed by atoms with E-state index in [1.54, 1.807) is 11.8 Å². The summed E-state index contributed by atoms with van der Waals surface area (Å²) in [5.41, 5.74) is 0.966. The minimum atomic E-state index is 0.417. The first kappa shape index (κ1) is 13.2. The van der Waals surface area contributed by atoms with E-state index < -0.39 is 0 Å². The molecule has 1 aromatic carbocycles. The lowest BCUT2D eigenvalue weighted by atomic mass is 10.1. The summed E-state index contributed by atoms with van der Waals surface area (Å²) in [5, 5.41) is 5.02. The number of aliphatic imine (C=N–C) groups is 1. The minimum Gasteiger partial charge on any atom is -0.334 e. The van der Waals surface area contributed by atoms with Gasteiger partial charge in [0.05, 0.1) is 11.7 Å². The highest BCUT2D eigenvalue weighted by molar-refractivity contribution is 9.10. The van der Waals surface area contributed by atoms with Gasteiger partial charge in [0.2, 0.25) is 0 Å². The fourth-order valence-corrected chi connectivity index (χ4v) is 3.21. The minimum absolute atomic E-state index is 0.417. The van der Waals surface area contributed by atoms with E-state index in [4.69, 9.17) is 11.6 Å². The Bertz CT molecular complexity index is 448. The van der Waals surface area contributed by atoms with Crippen molar-refractivity contribution in [3.63, 3.8) is 0 Å². The molecular formula is C12H14BrClN2S. The predicted octanol–water partition coefficient (Wildman–Crippen LogP) is 4.64. The highest BCUT2D eigenvalue weighted by Gasteiger charge is 2.21. The van der Waals surface area contributed by atoms with Crippen LogP contribution in [0.3, 0.4) is 0 Å². The Kier molecular flexibility index (Phi) is 4.39. The summed E-state index contributed by atoms with van der Waals surface area (Å²) in [6.07, 6.45) is 0. The van der Waals surface area contributed by atoms with Gasteiger partial charge in [0, 0.05) is 15.2 Å². The third kappa shape index (κ3) is 3.39. The van der Waals surface area contributed by atoms with Crippen LogP contribution < -0.4 is 5.32 Å². The van der Waals surface area contributed by atoms with E-state index in [0.29, 0.717) is 12.0 Å². The molecule has 1 atom stereocenters. The molecule has 0 bridgehead atoms. The second kappa shape index (κ2) is 5.63. The zero-order chi connectivity index (χ0) is 12.4. The molecule has 0 radical (unpaired) electrons. The largest absolute Gasteiger partial charge is 0.334 e. The molecule has 0 fully saturated rings. The molecule has 1 heterocycles. The monoisotopic (exact) mass is 332 g/mol. The number of rotatable bonds is 2. The number of benzene rings is 1. The Morgan fingerprint density at radius 2 is 2.29 bits per heavy atom. The molecule has 2 nitrogen and oxygen atoms in total. The van der Waals surface area contributed by atoms with Gasteiger partial charge in [0.25, 0.3) is 0 Å². The second-order valence-electron chi connectivity index (χ2n) is 4.31. The molecule has 0 aliphatic carbocycles. The summed E-state index contributed by atoms with van der Waals surface area (Å²) < 4.78 is 0.998. The zero-order valence-electron chi connectivity index (χ0n) is 9.71. The molecular weight excluding hydrogens is 320 g/mol. The zero-order valence-corrected chi connectivity index (χ0v) is 12.9. The van der Waals surface area contributed by atoms with Crippen LogP contribution in [0.5, 0.6) is 0 Å². The molecule has 1 aliphatic rings. The van der Waals surface area contributed by atoms with Crippen molar-refractivity contribution in [2.45, 2.75) is 19.9 Å². The quantitative estimate of drug-likeness (QED) is 0.852. The third-order valence-electron chi connectivity index (χ3n) is 2.61. The number of halogens is 2. The predicted molar refractivity (Wildman–Crippen MR) is 81.3 cm³/mol. The molecule has 0 amide bonds. The van der Waals surface area contributed by atoms with Crippen LogP contribution in [0, 0.1) is 5.92 Å². The Morgan fingerprint density at radius 3 is 2.94 bits per heavy atom. The number of hydrogen-bond donors (Lipinski definition) is 1. The van der Waals surface area contributed by atoms with Crippen LogP contribution in [0.2, 0.25) is 5.02 Å². The number of amidine groups is 1. The molecule has 92 valence electrons. The van der Waals surface area contributed by atoms with Gasteiger partial charge in [0.15, 0.2) is 5.17 Å². The molecule has 0 aromatic heterocycles. The van der Waals surface area contributed by atoms with Gasteiger partial charge in [-0.2, -0.15) is 0 Å². The fraction of sp³-hybridized carbons (Fsp3) is 0.417. The summed E-state index contributed by atoms with van der Waals surface area (Å²) in [7, 11) is 0. The normalized spacial score (nSPS) is 19.6. The maximum absolute atomic E-state index is 5.97. The lowest BCUT2D eigenvalue weighted by Crippen LogP contribution is -2.12. The van der Waals surface area contributed by atoms with Crippen molar-refractivity contribution in [1.82, 2.24) is 0 Å². The van der Waals surface area contributed by atoms with Crippen LogP contribution in [0.1, 0.15) is 13.8 Å². The molecule has 0 spiro atoms. The smallest absolute Gasteiger partial charge is 0.161 e. The Morgan fingerprint density at radius 1 is 1.53 bits per heavy atom. The summed E-state index contributed by atoms with van der Waals surface area (Å²) in [5.74, 6) is 1.64. The molecule has 1 aromatic rings. The van der Waals surface area contributed by atoms with Crippen LogP contribution in [0.15, 0.2) is 27.7 Å². The SMILES string of the molecule is CC(C)C1CSC(Nc2cc(Cl)ccc2Br)=N1. The van der Waals surface area contributed by atoms with E-state index >= 15 is 0 Å². The Balaban J connectivity index is 2.11. The van der Waals surface area contributed by atoms with Gasteiger partial charge >= 0.3 is 0 Å². The van der Waals surface area contributed by atoms with Gasteiger partial charge in [-0.05, 0) is 40.0 Å².